The molecule has 0 aliphatic carbocycles. The first-order valence-electron chi connectivity index (χ1n) is 9.15. The zero-order valence-electron chi connectivity index (χ0n) is 15.9. The van der Waals surface area contributed by atoms with Crippen LogP contribution in [0.5, 0.6) is 0 Å². The van der Waals surface area contributed by atoms with E-state index in [1.807, 2.05) is 29.2 Å². The lowest BCUT2D eigenvalue weighted by Gasteiger charge is -2.45. The maximum atomic E-state index is 12.6. The van der Waals surface area contributed by atoms with E-state index in [1.54, 1.807) is 11.3 Å². The number of nitrogens with one attached hydrogen (secondary N) is 1. The minimum atomic E-state index is -2.53. The molecule has 0 radical (unpaired) electrons. The SMILES string of the molecule is [2H]C([2H])([2H])[N+]1([O-])CCN(C2=Nc3ccccc3Nc3sc(C)cc32)CC1. The zero-order valence-corrected chi connectivity index (χ0v) is 13.7. The highest BCUT2D eigenvalue weighted by Gasteiger charge is 2.28. The molecule has 6 heteroatoms. The van der Waals surface area contributed by atoms with Crippen molar-refractivity contribution in [2.75, 3.05) is 38.5 Å². The van der Waals surface area contributed by atoms with Gasteiger partial charge in [0.05, 0.1) is 54.2 Å². The van der Waals surface area contributed by atoms with Crippen LogP contribution in [0.15, 0.2) is 35.3 Å². The van der Waals surface area contributed by atoms with Crippen LogP contribution in [0.4, 0.5) is 16.4 Å². The Bertz CT molecular complexity index is 869. The van der Waals surface area contributed by atoms with Crippen molar-refractivity contribution in [1.82, 2.24) is 4.90 Å². The molecule has 3 heterocycles. The molecule has 1 fully saturated rings. The smallest absolute Gasteiger partial charge is 0.140 e. The number of likely N-dealkylation sites (N-methyl/N-ethyl adjacent to an activating group) is 1. The molecule has 23 heavy (non-hydrogen) atoms. The Morgan fingerprint density at radius 1 is 1.35 bits per heavy atom. The maximum absolute atomic E-state index is 12.6. The fraction of sp³-hybridized carbons (Fsp3) is 0.353. The summed E-state index contributed by atoms with van der Waals surface area (Å²) in [6.45, 7) is 0.324. The van der Waals surface area contributed by atoms with Crippen molar-refractivity contribution in [1.29, 1.82) is 0 Å². The number of hydroxylamine groups is 3. The summed E-state index contributed by atoms with van der Waals surface area (Å²) in [6, 6.07) is 9.94. The summed E-state index contributed by atoms with van der Waals surface area (Å²) in [7, 11) is 0. The summed E-state index contributed by atoms with van der Waals surface area (Å²) in [5.41, 5.74) is 2.79. The van der Waals surface area contributed by atoms with Crippen LogP contribution in [0, 0.1) is 12.1 Å². The van der Waals surface area contributed by atoms with E-state index in [9.17, 15) is 5.21 Å². The number of para-hydroxylation sites is 2. The lowest BCUT2D eigenvalue weighted by atomic mass is 10.2. The van der Waals surface area contributed by atoms with Crippen LogP contribution in [-0.4, -0.2) is 48.5 Å². The van der Waals surface area contributed by atoms with Gasteiger partial charge >= 0.3 is 0 Å². The maximum Gasteiger partial charge on any atom is 0.140 e. The van der Waals surface area contributed by atoms with Crippen molar-refractivity contribution in [3.8, 4) is 0 Å². The number of aryl methyl sites for hydroxylation is 1. The van der Waals surface area contributed by atoms with E-state index in [-0.39, 0.29) is 13.1 Å². The largest absolute Gasteiger partial charge is 0.633 e. The Hall–Kier alpha value is -1.89. The molecule has 2 aliphatic rings. The molecule has 0 spiro atoms. The number of quaternary nitrogens is 1. The third kappa shape index (κ3) is 2.73. The molecule has 2 aliphatic heterocycles. The topological polar surface area (TPSA) is 50.7 Å². The van der Waals surface area contributed by atoms with Gasteiger partial charge in [0.25, 0.3) is 0 Å². The molecule has 1 aromatic heterocycles. The average Bonchev–Trinajstić information content (AvgIpc) is 2.87. The molecule has 1 saturated heterocycles. The van der Waals surface area contributed by atoms with Crippen LogP contribution >= 0.6 is 11.3 Å². The third-order valence-corrected chi connectivity index (χ3v) is 5.20. The first-order chi connectivity index (χ1) is 12.3. The van der Waals surface area contributed by atoms with Crippen molar-refractivity contribution in [2.45, 2.75) is 6.92 Å². The van der Waals surface area contributed by atoms with Crippen LogP contribution in [0.25, 0.3) is 0 Å². The minimum absolute atomic E-state index is 0.0308. The number of benzene rings is 1. The number of rotatable bonds is 0. The highest BCUT2D eigenvalue weighted by atomic mass is 32.1. The quantitative estimate of drug-likeness (QED) is 0.594. The fourth-order valence-corrected chi connectivity index (χ4v) is 3.91. The van der Waals surface area contributed by atoms with E-state index in [4.69, 9.17) is 9.10 Å². The monoisotopic (exact) mass is 331 g/mol. The summed E-state index contributed by atoms with van der Waals surface area (Å²) in [5.74, 6) is 0.804. The first-order valence-corrected chi connectivity index (χ1v) is 8.47. The Labute approximate surface area is 144 Å². The predicted molar refractivity (Wildman–Crippen MR) is 95.8 cm³/mol. The molecule has 4 rings (SSSR count). The number of hydrogen-bond donors (Lipinski definition) is 1. The minimum Gasteiger partial charge on any atom is -0.633 e. The second kappa shape index (κ2) is 5.33. The predicted octanol–water partition coefficient (Wildman–Crippen LogP) is 3.45. The number of piperazine rings is 1. The number of thiophene rings is 1. The average molecular weight is 331 g/mol. The van der Waals surface area contributed by atoms with Crippen molar-refractivity contribution >= 4 is 33.5 Å². The van der Waals surface area contributed by atoms with Crippen LogP contribution in [0.3, 0.4) is 0 Å². The normalized spacial score (nSPS) is 21.7. The van der Waals surface area contributed by atoms with E-state index in [0.29, 0.717) is 13.1 Å². The molecule has 1 N–H and O–H groups in total. The Kier molecular flexibility index (Phi) is 2.69. The standard InChI is InChI=1S/C17H20N4OS/c1-12-11-13-16(20-7-9-21(2,22)10-8-20)18-14-5-3-4-6-15(14)19-17(13)23-12/h3-6,11,19H,7-10H2,1-2H3/i2D3. The van der Waals surface area contributed by atoms with Gasteiger partial charge in [0.1, 0.15) is 10.8 Å². The van der Waals surface area contributed by atoms with Gasteiger partial charge < -0.3 is 20.1 Å². The first kappa shape index (κ1) is 11.6. The van der Waals surface area contributed by atoms with Crippen molar-refractivity contribution < 1.29 is 8.76 Å². The van der Waals surface area contributed by atoms with Gasteiger partial charge in [0.2, 0.25) is 0 Å². The van der Waals surface area contributed by atoms with E-state index in [2.05, 4.69) is 18.3 Å². The number of anilines is 2. The Morgan fingerprint density at radius 2 is 2.13 bits per heavy atom. The van der Waals surface area contributed by atoms with Gasteiger partial charge in [-0.1, -0.05) is 12.1 Å². The molecule has 0 unspecified atom stereocenters. The number of fused-ring (bicyclic) bond motifs is 2. The molecule has 2 aromatic rings. The van der Waals surface area contributed by atoms with Crippen LogP contribution in [0.2, 0.25) is 0 Å². The molecule has 120 valence electrons. The van der Waals surface area contributed by atoms with Crippen LogP contribution < -0.4 is 5.32 Å². The van der Waals surface area contributed by atoms with Crippen molar-refractivity contribution in [3.63, 3.8) is 0 Å². The lowest BCUT2D eigenvalue weighted by molar-refractivity contribution is -0.864. The molecule has 0 saturated carbocycles. The summed E-state index contributed by atoms with van der Waals surface area (Å²) >= 11 is 1.66. The van der Waals surface area contributed by atoms with Crippen LogP contribution in [-0.2, 0) is 0 Å². The van der Waals surface area contributed by atoms with Gasteiger partial charge in [-0.05, 0) is 25.1 Å². The zero-order chi connectivity index (χ0) is 18.5. The Balaban J connectivity index is 1.70. The summed E-state index contributed by atoms with van der Waals surface area (Å²) in [6.07, 6.45) is 0. The van der Waals surface area contributed by atoms with Gasteiger partial charge in [0.15, 0.2) is 0 Å². The van der Waals surface area contributed by atoms with Gasteiger partial charge in [-0.25, -0.2) is 4.99 Å². The summed E-state index contributed by atoms with van der Waals surface area (Å²) in [4.78, 5) is 8.07. The van der Waals surface area contributed by atoms with Gasteiger partial charge in [-0.3, -0.25) is 0 Å². The van der Waals surface area contributed by atoms with Crippen molar-refractivity contribution in [3.05, 3.63) is 46.0 Å². The molecular formula is C17H20N4OS. The van der Waals surface area contributed by atoms with Gasteiger partial charge in [-0.2, -0.15) is 0 Å². The number of hydrogen-bond acceptors (Lipinski definition) is 5. The fourth-order valence-electron chi connectivity index (χ4n) is 2.99. The second-order valence-electron chi connectivity index (χ2n) is 6.00. The molecule has 5 nitrogen and oxygen atoms in total. The van der Waals surface area contributed by atoms with Crippen molar-refractivity contribution in [2.24, 2.45) is 4.99 Å². The van der Waals surface area contributed by atoms with Crippen LogP contribution in [0.1, 0.15) is 14.6 Å². The highest BCUT2D eigenvalue weighted by molar-refractivity contribution is 7.16. The third-order valence-electron chi connectivity index (χ3n) is 4.24. The van der Waals surface area contributed by atoms with Gasteiger partial charge in [0, 0.05) is 4.88 Å². The van der Waals surface area contributed by atoms with E-state index >= 15 is 0 Å². The number of nitrogens with zero attached hydrogens (tertiary/aromatic N) is 3. The lowest BCUT2D eigenvalue weighted by Crippen LogP contribution is -2.55. The molecular weight excluding hydrogens is 308 g/mol. The molecule has 0 bridgehead atoms. The van der Waals surface area contributed by atoms with E-state index in [1.165, 1.54) is 4.88 Å². The molecule has 0 atom stereocenters. The summed E-state index contributed by atoms with van der Waals surface area (Å²) < 4.78 is 21.4. The number of aliphatic imine (C=N–C) groups is 1. The van der Waals surface area contributed by atoms with E-state index < -0.39 is 11.6 Å². The Morgan fingerprint density at radius 3 is 2.91 bits per heavy atom. The second-order valence-corrected chi connectivity index (χ2v) is 7.26. The molecule has 0 amide bonds. The molecule has 1 aromatic carbocycles. The van der Waals surface area contributed by atoms with E-state index in [0.717, 1.165) is 27.8 Å². The van der Waals surface area contributed by atoms with Gasteiger partial charge in [-0.15, -0.1) is 11.3 Å². The number of amidine groups is 1. The summed E-state index contributed by atoms with van der Waals surface area (Å²) in [5, 5.41) is 17.1. The highest BCUT2D eigenvalue weighted by Crippen LogP contribution is 2.39.